The Bertz CT molecular complexity index is 4980. The van der Waals surface area contributed by atoms with E-state index in [1.165, 1.54) is 167 Å². The molecule has 8 aromatic carbocycles. The predicted octanol–water partition coefficient (Wildman–Crippen LogP) is 28.0. The molecule has 0 nitrogen and oxygen atoms in total. The fraction of sp³-hybridized carbons (Fsp3) is 0.403. The van der Waals surface area contributed by atoms with Gasteiger partial charge in [-0.05, 0) is 302 Å². The van der Waals surface area contributed by atoms with Gasteiger partial charge in [0.25, 0.3) is 0 Å². The molecule has 0 saturated heterocycles. The minimum absolute atomic E-state index is 0. The second kappa shape index (κ2) is 38.3. The van der Waals surface area contributed by atoms with E-state index in [-0.39, 0.29) is 77.1 Å². The van der Waals surface area contributed by atoms with Crippen LogP contribution in [0.4, 0.5) is 0 Å². The summed E-state index contributed by atoms with van der Waals surface area (Å²) in [6, 6.07) is 75.9. The Morgan fingerprint density at radius 2 is 0.653 bits per heavy atom. The third kappa shape index (κ3) is 20.9. The molecule has 0 heterocycles. The molecule has 121 heavy (non-hydrogen) atoms. The normalized spacial score (nSPS) is 21.9. The van der Waals surface area contributed by atoms with Gasteiger partial charge in [-0.15, -0.1) is 0 Å². The van der Waals surface area contributed by atoms with Crippen LogP contribution < -0.4 is 37.7 Å². The summed E-state index contributed by atoms with van der Waals surface area (Å²) in [6.45, 7) is 57.8. The second-order valence-electron chi connectivity index (χ2n) is 42.9. The van der Waals surface area contributed by atoms with Crippen molar-refractivity contribution in [2.45, 2.75) is 228 Å². The van der Waals surface area contributed by atoms with E-state index in [1.807, 2.05) is 0 Å². The molecule has 0 spiro atoms. The quantitative estimate of drug-likeness (QED) is 0.0768. The minimum atomic E-state index is 0. The SMILES string of the molecule is CC(C)(C)C1=CC2C(C=C1c1ccccc1)CC1C=C(c3ccccc3)C(C(C)(C)C)=CC12.CC(C)(C)C1=CC2C3C=C(C(C)(C)C)C(c4ccccc4)=CC3C(C(C)(C)C3=CCC=C3)C2C=C1c1ccccc1.CC(C)(C)c1cc2c(cc1-c1ccccc1)Cc1cc(-c3ccccc3)c(C(C)(C)C)cc1-2.CC(C)=C1CCCC1.[CH2-]CCC.[H-].[Li+].[Li+]. The van der Waals surface area contributed by atoms with E-state index >= 15 is 0 Å². The third-order valence-electron chi connectivity index (χ3n) is 27.3. The molecule has 0 aromatic heterocycles. The number of benzene rings is 8. The second-order valence-corrected chi connectivity index (χ2v) is 42.9. The molecule has 17 rings (SSSR count). The molecule has 0 N–H and O–H groups in total. The Balaban J connectivity index is 0.000000178. The maximum atomic E-state index is 3.60. The van der Waals surface area contributed by atoms with Crippen LogP contribution in [0.15, 0.2) is 312 Å². The van der Waals surface area contributed by atoms with Gasteiger partial charge >= 0.3 is 37.7 Å². The molecule has 0 bridgehead atoms. The zero-order valence-corrected chi connectivity index (χ0v) is 79.2. The Morgan fingerprint density at radius 3 is 0.917 bits per heavy atom. The molecule has 2 heteroatoms. The zero-order valence-electron chi connectivity index (χ0n) is 80.2. The van der Waals surface area contributed by atoms with Crippen molar-refractivity contribution < 1.29 is 39.1 Å². The van der Waals surface area contributed by atoms with Gasteiger partial charge in [0.2, 0.25) is 0 Å². The van der Waals surface area contributed by atoms with E-state index < -0.39 is 0 Å². The number of rotatable bonds is 9. The van der Waals surface area contributed by atoms with Crippen molar-refractivity contribution >= 4 is 22.3 Å². The van der Waals surface area contributed by atoms with Crippen molar-refractivity contribution in [1.29, 1.82) is 0 Å². The number of fused-ring (bicyclic) bond motifs is 9. The van der Waals surface area contributed by atoms with Crippen LogP contribution in [0.1, 0.15) is 257 Å². The standard InChI is InChI=1S/C41H48.C33H38.C33H34.C8H14.C4H9.2Li.H/c1-39(2,3)36-25-32-33-26-37(40(4,5)6)31(28-19-13-10-14-20-28)24-35(33)38(41(7,8)29-21-15-16-22-29)34(32)23-30(36)27-17-11-9-12-18-27;2*1-32(2,3)30-20-26-24(18-28(30)22-13-9-7-10-14-22)17-25-19-29(23-15-11-8-12-16-23)31(21-27(25)26)33(4,5)6;1-7(2)8-5-3-4-6-8;1-3-4-2;;;/h9-15,17-26,32-35,38H,16H2,1-8H3;7-16,18-21,24-27H,17H2,1-6H3;7-16,18-21H,17H2,1-6H3;3-6H2,1-2H3;1,3-4H2,2H3;;;/q;;;;-1;2*+1;-1. The molecular weight excluding hydrogens is 1440 g/mol. The van der Waals surface area contributed by atoms with E-state index in [4.69, 9.17) is 0 Å². The average Bonchev–Trinajstić information content (AvgIpc) is 1.52. The number of unbranched alkanes of at least 4 members (excludes halogenated alkanes) is 1. The van der Waals surface area contributed by atoms with E-state index in [1.54, 1.807) is 11.1 Å². The fourth-order valence-electron chi connectivity index (χ4n) is 21.2. The van der Waals surface area contributed by atoms with Crippen LogP contribution in [0.5, 0.6) is 0 Å². The first kappa shape index (κ1) is 93.8. The van der Waals surface area contributed by atoms with Crippen molar-refractivity contribution in [3.05, 3.63) is 364 Å². The van der Waals surface area contributed by atoms with Gasteiger partial charge in [0.1, 0.15) is 0 Å². The van der Waals surface area contributed by atoms with E-state index in [0.29, 0.717) is 53.3 Å². The zero-order chi connectivity index (χ0) is 85.3. The molecule has 622 valence electrons. The summed E-state index contributed by atoms with van der Waals surface area (Å²) in [5, 5.41) is 0. The maximum absolute atomic E-state index is 3.60. The first-order valence-electron chi connectivity index (χ1n) is 45.6. The number of hydrogen-bond donors (Lipinski definition) is 0. The summed E-state index contributed by atoms with van der Waals surface area (Å²) in [7, 11) is 0. The van der Waals surface area contributed by atoms with Gasteiger partial charge in [-0.3, -0.25) is 0 Å². The van der Waals surface area contributed by atoms with Crippen LogP contribution in [0, 0.1) is 87.3 Å². The summed E-state index contributed by atoms with van der Waals surface area (Å²) in [4.78, 5) is 0. The van der Waals surface area contributed by atoms with Crippen LogP contribution in [-0.2, 0) is 17.3 Å². The third-order valence-corrected chi connectivity index (χ3v) is 27.3. The molecule has 0 amide bonds. The summed E-state index contributed by atoms with van der Waals surface area (Å²) in [5.41, 5.74) is 36.6. The van der Waals surface area contributed by atoms with E-state index in [2.05, 4.69) is 439 Å². The smallest absolute Gasteiger partial charge is 1.00 e. The Labute approximate surface area is 760 Å². The number of hydrogen-bond acceptors (Lipinski definition) is 0. The molecule has 3 saturated carbocycles. The monoisotopic (exact) mass is 1590 g/mol. The van der Waals surface area contributed by atoms with Gasteiger partial charge in [0.05, 0.1) is 0 Å². The molecule has 8 aromatic rings. The molecule has 9 aliphatic carbocycles. The van der Waals surface area contributed by atoms with Gasteiger partial charge in [-0.1, -0.05) is 412 Å². The largest absolute Gasteiger partial charge is 1.00 e. The summed E-state index contributed by atoms with van der Waals surface area (Å²) >= 11 is 0. The van der Waals surface area contributed by atoms with Crippen LogP contribution in [0.25, 0.3) is 55.7 Å². The van der Waals surface area contributed by atoms with Crippen LogP contribution in [-0.4, -0.2) is 0 Å². The van der Waals surface area contributed by atoms with Crippen LogP contribution in [0.2, 0.25) is 0 Å². The van der Waals surface area contributed by atoms with Crippen molar-refractivity contribution in [3.8, 4) is 33.4 Å². The molecule has 0 radical (unpaired) electrons. The van der Waals surface area contributed by atoms with E-state index in [0.717, 1.165) is 19.3 Å². The summed E-state index contributed by atoms with van der Waals surface area (Å²) < 4.78 is 0. The van der Waals surface area contributed by atoms with Crippen molar-refractivity contribution in [2.24, 2.45) is 80.3 Å². The van der Waals surface area contributed by atoms with Crippen LogP contribution >= 0.6 is 0 Å². The summed E-state index contributed by atoms with van der Waals surface area (Å²) in [6.07, 6.45) is 39.9. The topological polar surface area (TPSA) is 0 Å². The molecule has 3 fully saturated rings. The summed E-state index contributed by atoms with van der Waals surface area (Å²) in [5.74, 6) is 4.80. The van der Waals surface area contributed by atoms with Gasteiger partial charge in [-0.2, -0.15) is 6.42 Å². The molecular formula is C119H144Li2. The Kier molecular flexibility index (Phi) is 29.7. The molecule has 8 unspecified atom stereocenters. The Morgan fingerprint density at radius 1 is 0.355 bits per heavy atom. The maximum Gasteiger partial charge on any atom is 1.00 e. The van der Waals surface area contributed by atoms with Gasteiger partial charge < -0.3 is 8.35 Å². The van der Waals surface area contributed by atoms with Gasteiger partial charge in [0.15, 0.2) is 0 Å². The van der Waals surface area contributed by atoms with Gasteiger partial charge in [-0.25, -0.2) is 0 Å². The predicted molar refractivity (Wildman–Crippen MR) is 521 cm³/mol. The fourth-order valence-corrected chi connectivity index (χ4v) is 21.2. The Hall–Kier alpha value is -7.91. The van der Waals surface area contributed by atoms with Crippen molar-refractivity contribution in [2.75, 3.05) is 0 Å². The van der Waals surface area contributed by atoms with Crippen molar-refractivity contribution in [1.82, 2.24) is 0 Å². The van der Waals surface area contributed by atoms with Crippen molar-refractivity contribution in [3.63, 3.8) is 0 Å². The first-order valence-corrected chi connectivity index (χ1v) is 45.6. The molecule has 9 aliphatic rings. The van der Waals surface area contributed by atoms with Crippen LogP contribution in [0.3, 0.4) is 0 Å². The molecule has 0 aliphatic heterocycles. The van der Waals surface area contributed by atoms with Gasteiger partial charge in [0, 0.05) is 0 Å². The van der Waals surface area contributed by atoms with E-state index in [9.17, 15) is 0 Å². The first-order chi connectivity index (χ1) is 56.3. The average molecular weight is 1590 g/mol. The number of allylic oxidation sites excluding steroid dienone is 22. The molecule has 8 atom stereocenters. The minimum Gasteiger partial charge on any atom is -1.00 e.